The maximum absolute atomic E-state index is 12.3. The first-order valence-corrected chi connectivity index (χ1v) is 19.9. The van der Waals surface area contributed by atoms with Gasteiger partial charge >= 0.3 is 0 Å². The Balaban J connectivity index is 3.66. The van der Waals surface area contributed by atoms with Crippen molar-refractivity contribution in [2.24, 2.45) is 0 Å². The molecule has 0 rings (SSSR count). The van der Waals surface area contributed by atoms with Gasteiger partial charge in [0.25, 0.3) is 0 Å². The van der Waals surface area contributed by atoms with E-state index < -0.39 is 12.1 Å². The maximum atomic E-state index is 12.3. The van der Waals surface area contributed by atoms with Crippen LogP contribution in [0.3, 0.4) is 0 Å². The molecule has 0 aliphatic carbocycles. The van der Waals surface area contributed by atoms with Crippen molar-refractivity contribution in [3.8, 4) is 0 Å². The van der Waals surface area contributed by atoms with Crippen LogP contribution in [0.2, 0.25) is 0 Å². The number of rotatable bonds is 35. The fraction of sp³-hybridized carbons (Fsp3) is 0.786. The van der Waals surface area contributed by atoms with Gasteiger partial charge in [0, 0.05) is 6.42 Å². The first-order chi connectivity index (χ1) is 22.7. The molecule has 46 heavy (non-hydrogen) atoms. The summed E-state index contributed by atoms with van der Waals surface area (Å²) in [5.74, 6) is -0.0910. The summed E-state index contributed by atoms with van der Waals surface area (Å²) in [7, 11) is 0. The Labute approximate surface area is 286 Å². The van der Waals surface area contributed by atoms with Crippen molar-refractivity contribution in [3.05, 3.63) is 48.6 Å². The van der Waals surface area contributed by atoms with Crippen LogP contribution in [0.4, 0.5) is 0 Å². The van der Waals surface area contributed by atoms with Crippen molar-refractivity contribution < 1.29 is 15.0 Å². The molecule has 4 heteroatoms. The lowest BCUT2D eigenvalue weighted by molar-refractivity contribution is -0.123. The summed E-state index contributed by atoms with van der Waals surface area (Å²) < 4.78 is 0. The highest BCUT2D eigenvalue weighted by Crippen LogP contribution is 2.13. The maximum Gasteiger partial charge on any atom is 0.220 e. The molecule has 0 spiro atoms. The topological polar surface area (TPSA) is 69.6 Å². The fourth-order valence-corrected chi connectivity index (χ4v) is 5.66. The van der Waals surface area contributed by atoms with E-state index in [1.165, 1.54) is 122 Å². The van der Waals surface area contributed by atoms with Gasteiger partial charge in [-0.1, -0.05) is 172 Å². The van der Waals surface area contributed by atoms with E-state index in [9.17, 15) is 15.0 Å². The molecular weight excluding hydrogens is 566 g/mol. The van der Waals surface area contributed by atoms with Crippen LogP contribution in [0.25, 0.3) is 0 Å². The van der Waals surface area contributed by atoms with Crippen molar-refractivity contribution in [3.63, 3.8) is 0 Å². The molecule has 0 aromatic carbocycles. The van der Waals surface area contributed by atoms with E-state index in [1.807, 2.05) is 6.08 Å². The summed E-state index contributed by atoms with van der Waals surface area (Å²) in [5.41, 5.74) is 0. The van der Waals surface area contributed by atoms with Crippen molar-refractivity contribution in [2.75, 3.05) is 6.61 Å². The standard InChI is InChI=1S/C42H77NO3/c1-3-5-7-9-11-13-15-16-17-18-19-20-21-22-23-24-25-26-28-29-31-33-35-37-41(45)40(39-44)43-42(46)38-36-34-32-30-27-14-12-10-8-6-4-2/h10,12,23-24,28-29,35,37,40-41,44-45H,3-9,11,13-22,25-27,30-34,36,38-39H2,1-2H3,(H,43,46)/b12-10-,24-23+,29-28+,37-35+. The largest absolute Gasteiger partial charge is 0.394 e. The number of aliphatic hydroxyl groups excluding tert-OH is 2. The predicted molar refractivity (Wildman–Crippen MR) is 202 cm³/mol. The quantitative estimate of drug-likeness (QED) is 0.0475. The molecule has 268 valence electrons. The van der Waals surface area contributed by atoms with Gasteiger partial charge < -0.3 is 15.5 Å². The Morgan fingerprint density at radius 3 is 1.33 bits per heavy atom. The number of aliphatic hydroxyl groups is 2. The Kier molecular flexibility index (Phi) is 36.4. The van der Waals surface area contributed by atoms with E-state index in [0.29, 0.717) is 6.42 Å². The summed E-state index contributed by atoms with van der Waals surface area (Å²) in [4.78, 5) is 12.3. The number of nitrogens with one attached hydrogen (secondary N) is 1. The SMILES string of the molecule is CCCC/C=C\CCCCCCCC(=O)NC(CO)C(O)/C=C/CC/C=C/CC/C=C/CCCCCCCCCCCCCCC. The first-order valence-electron chi connectivity index (χ1n) is 19.9. The normalized spacial score (nSPS) is 13.6. The second-order valence-corrected chi connectivity index (χ2v) is 13.3. The molecule has 0 radical (unpaired) electrons. The van der Waals surface area contributed by atoms with Gasteiger partial charge in [-0.25, -0.2) is 0 Å². The molecule has 0 aliphatic heterocycles. The molecular formula is C42H77NO3. The third kappa shape index (κ3) is 33.7. The van der Waals surface area contributed by atoms with E-state index in [0.717, 1.165) is 51.4 Å². The highest BCUT2D eigenvalue weighted by molar-refractivity contribution is 5.76. The first kappa shape index (κ1) is 44.4. The summed E-state index contributed by atoms with van der Waals surface area (Å²) >= 11 is 0. The minimum atomic E-state index is -0.872. The Hall–Kier alpha value is -1.65. The van der Waals surface area contributed by atoms with Crippen LogP contribution < -0.4 is 5.32 Å². The van der Waals surface area contributed by atoms with Crippen LogP contribution in [0.1, 0.15) is 194 Å². The number of carbonyl (C=O) groups excluding carboxylic acids is 1. The van der Waals surface area contributed by atoms with Crippen LogP contribution in [0, 0.1) is 0 Å². The lowest BCUT2D eigenvalue weighted by atomic mass is 10.0. The molecule has 3 N–H and O–H groups in total. The van der Waals surface area contributed by atoms with E-state index in [4.69, 9.17) is 0 Å². The zero-order valence-electron chi connectivity index (χ0n) is 30.6. The number of unbranched alkanes of at least 4 members (excludes halogenated alkanes) is 22. The van der Waals surface area contributed by atoms with Crippen molar-refractivity contribution in [1.82, 2.24) is 5.32 Å². The monoisotopic (exact) mass is 644 g/mol. The summed E-state index contributed by atoms with van der Waals surface area (Å²) in [5, 5.41) is 22.9. The highest BCUT2D eigenvalue weighted by Gasteiger charge is 2.17. The zero-order valence-corrected chi connectivity index (χ0v) is 30.6. The Bertz CT molecular complexity index is 741. The summed E-state index contributed by atoms with van der Waals surface area (Å²) in [6.07, 6.45) is 50.7. The predicted octanol–water partition coefficient (Wildman–Crippen LogP) is 12.0. The molecule has 2 unspecified atom stereocenters. The fourth-order valence-electron chi connectivity index (χ4n) is 5.66. The van der Waals surface area contributed by atoms with Crippen molar-refractivity contribution in [1.29, 1.82) is 0 Å². The second-order valence-electron chi connectivity index (χ2n) is 13.3. The van der Waals surface area contributed by atoms with Gasteiger partial charge in [0.2, 0.25) is 5.91 Å². The minimum absolute atomic E-state index is 0.0910. The van der Waals surface area contributed by atoms with Crippen LogP contribution in [0.5, 0.6) is 0 Å². The van der Waals surface area contributed by atoms with Crippen molar-refractivity contribution >= 4 is 5.91 Å². The lowest BCUT2D eigenvalue weighted by Crippen LogP contribution is -2.45. The van der Waals surface area contributed by atoms with Crippen LogP contribution in [-0.2, 0) is 4.79 Å². The summed E-state index contributed by atoms with van der Waals surface area (Å²) in [6, 6.07) is -0.648. The molecule has 0 fully saturated rings. The number of carbonyl (C=O) groups is 1. The number of hydrogen-bond donors (Lipinski definition) is 3. The van der Waals surface area contributed by atoms with E-state index in [1.54, 1.807) is 6.08 Å². The third-order valence-electron chi connectivity index (χ3n) is 8.76. The van der Waals surface area contributed by atoms with Gasteiger partial charge in [0.15, 0.2) is 0 Å². The van der Waals surface area contributed by atoms with E-state index in [2.05, 4.69) is 55.6 Å². The zero-order chi connectivity index (χ0) is 33.6. The van der Waals surface area contributed by atoms with Crippen LogP contribution >= 0.6 is 0 Å². The molecule has 4 nitrogen and oxygen atoms in total. The van der Waals surface area contributed by atoms with Gasteiger partial charge in [0.1, 0.15) is 0 Å². The van der Waals surface area contributed by atoms with Gasteiger partial charge in [-0.3, -0.25) is 4.79 Å². The smallest absolute Gasteiger partial charge is 0.220 e. The minimum Gasteiger partial charge on any atom is -0.394 e. The molecule has 0 heterocycles. The van der Waals surface area contributed by atoms with E-state index >= 15 is 0 Å². The molecule has 0 saturated carbocycles. The van der Waals surface area contributed by atoms with Gasteiger partial charge in [0.05, 0.1) is 18.8 Å². The average Bonchev–Trinajstić information content (AvgIpc) is 3.06. The number of amides is 1. The van der Waals surface area contributed by atoms with Crippen LogP contribution in [0.15, 0.2) is 48.6 Å². The van der Waals surface area contributed by atoms with Gasteiger partial charge in [-0.2, -0.15) is 0 Å². The molecule has 0 saturated heterocycles. The lowest BCUT2D eigenvalue weighted by Gasteiger charge is -2.19. The van der Waals surface area contributed by atoms with Gasteiger partial charge in [-0.15, -0.1) is 0 Å². The summed E-state index contributed by atoms with van der Waals surface area (Å²) in [6.45, 7) is 4.24. The van der Waals surface area contributed by atoms with E-state index in [-0.39, 0.29) is 12.5 Å². The number of allylic oxidation sites excluding steroid dienone is 7. The Morgan fingerprint density at radius 1 is 0.500 bits per heavy atom. The van der Waals surface area contributed by atoms with Crippen molar-refractivity contribution in [2.45, 2.75) is 206 Å². The molecule has 1 amide bonds. The molecule has 0 aromatic heterocycles. The van der Waals surface area contributed by atoms with Gasteiger partial charge in [-0.05, 0) is 64.2 Å². The Morgan fingerprint density at radius 2 is 0.870 bits per heavy atom. The molecule has 0 aromatic rings. The average molecular weight is 644 g/mol. The molecule has 0 bridgehead atoms. The molecule has 2 atom stereocenters. The third-order valence-corrected chi connectivity index (χ3v) is 8.76. The molecule has 0 aliphatic rings. The van der Waals surface area contributed by atoms with Crippen LogP contribution in [-0.4, -0.2) is 34.9 Å². The second kappa shape index (κ2) is 37.8. The number of hydrogen-bond acceptors (Lipinski definition) is 3. The highest BCUT2D eigenvalue weighted by atomic mass is 16.3.